The molecule has 0 saturated carbocycles. The predicted octanol–water partition coefficient (Wildman–Crippen LogP) is 0.436. The summed E-state index contributed by atoms with van der Waals surface area (Å²) in [6, 6.07) is 0. The summed E-state index contributed by atoms with van der Waals surface area (Å²) in [5.41, 5.74) is 1.09. The third kappa shape index (κ3) is 3.40. The normalized spacial score (nSPS) is 23.0. The van der Waals surface area contributed by atoms with Crippen LogP contribution in [0.1, 0.15) is 12.5 Å². The average molecular weight is 266 g/mol. The van der Waals surface area contributed by atoms with Gasteiger partial charge in [-0.15, -0.1) is 0 Å². The number of anilines is 1. The lowest BCUT2D eigenvalue weighted by atomic mass is 10.3. The Hall–Kier alpha value is -1.24. The van der Waals surface area contributed by atoms with Crippen LogP contribution in [-0.2, 0) is 16.0 Å². The van der Waals surface area contributed by atoms with Crippen LogP contribution in [0, 0.1) is 0 Å². The summed E-state index contributed by atoms with van der Waals surface area (Å²) in [6.45, 7) is 5.36. The van der Waals surface area contributed by atoms with Crippen molar-refractivity contribution in [3.05, 3.63) is 18.0 Å². The summed E-state index contributed by atoms with van der Waals surface area (Å²) in [5.74, 6) is 0.738. The van der Waals surface area contributed by atoms with Crippen LogP contribution in [0.15, 0.2) is 12.4 Å². The highest BCUT2D eigenvalue weighted by molar-refractivity contribution is 5.33. The van der Waals surface area contributed by atoms with Crippen molar-refractivity contribution in [3.63, 3.8) is 0 Å². The molecule has 1 fully saturated rings. The van der Waals surface area contributed by atoms with Crippen molar-refractivity contribution in [3.8, 4) is 0 Å². The van der Waals surface area contributed by atoms with E-state index in [9.17, 15) is 0 Å². The minimum Gasteiger partial charge on any atom is -0.377 e. The maximum Gasteiger partial charge on any atom is 0.225 e. The molecule has 2 rings (SSSR count). The van der Waals surface area contributed by atoms with E-state index >= 15 is 0 Å². The molecule has 1 saturated heterocycles. The lowest BCUT2D eigenvalue weighted by Gasteiger charge is -2.15. The van der Waals surface area contributed by atoms with Gasteiger partial charge in [0, 0.05) is 51.8 Å². The van der Waals surface area contributed by atoms with Gasteiger partial charge in [0.1, 0.15) is 12.2 Å². The number of hydrogen-bond acceptors (Lipinski definition) is 6. The number of aromatic nitrogens is 2. The summed E-state index contributed by atoms with van der Waals surface area (Å²) in [6.07, 6.45) is 3.89. The van der Waals surface area contributed by atoms with E-state index in [4.69, 9.17) is 9.47 Å². The van der Waals surface area contributed by atoms with Crippen LogP contribution in [0.25, 0.3) is 0 Å². The number of hydrogen-bond donors (Lipinski definition) is 1. The second-order valence-electron chi connectivity index (χ2n) is 4.62. The van der Waals surface area contributed by atoms with Crippen molar-refractivity contribution < 1.29 is 9.47 Å². The Morgan fingerprint density at radius 1 is 1.21 bits per heavy atom. The molecule has 1 N–H and O–H groups in total. The van der Waals surface area contributed by atoms with E-state index in [0.29, 0.717) is 0 Å². The zero-order chi connectivity index (χ0) is 13.7. The van der Waals surface area contributed by atoms with Crippen LogP contribution in [0.5, 0.6) is 0 Å². The van der Waals surface area contributed by atoms with Crippen molar-refractivity contribution in [1.82, 2.24) is 15.3 Å². The minimum atomic E-state index is 0.0787. The van der Waals surface area contributed by atoms with E-state index in [2.05, 4.69) is 27.1 Å². The average Bonchev–Trinajstić information content (AvgIpc) is 2.89. The fourth-order valence-corrected chi connectivity index (χ4v) is 2.23. The van der Waals surface area contributed by atoms with Crippen LogP contribution in [0.3, 0.4) is 0 Å². The van der Waals surface area contributed by atoms with Crippen LogP contribution < -0.4 is 10.2 Å². The molecule has 2 unspecified atom stereocenters. The van der Waals surface area contributed by atoms with Crippen molar-refractivity contribution in [2.24, 2.45) is 0 Å². The number of nitrogens with one attached hydrogen (secondary N) is 1. The van der Waals surface area contributed by atoms with Gasteiger partial charge in [-0.1, -0.05) is 6.92 Å². The third-order valence-corrected chi connectivity index (χ3v) is 3.37. The molecular formula is C13H22N4O2. The van der Waals surface area contributed by atoms with Gasteiger partial charge in [-0.3, -0.25) is 0 Å². The zero-order valence-electron chi connectivity index (χ0n) is 11.8. The first-order chi connectivity index (χ1) is 9.28. The SMILES string of the molecule is CCNCc1cnc(N2CC(OC)C(OC)C2)nc1. The van der Waals surface area contributed by atoms with Crippen LogP contribution in [-0.4, -0.2) is 56.0 Å². The quantitative estimate of drug-likeness (QED) is 0.806. The number of ether oxygens (including phenoxy) is 2. The summed E-state index contributed by atoms with van der Waals surface area (Å²) in [7, 11) is 3.42. The number of rotatable bonds is 6. The molecule has 0 radical (unpaired) electrons. The highest BCUT2D eigenvalue weighted by Gasteiger charge is 2.34. The van der Waals surface area contributed by atoms with Crippen molar-refractivity contribution in [2.75, 3.05) is 38.8 Å². The molecule has 6 heteroatoms. The molecule has 1 aliphatic rings. The van der Waals surface area contributed by atoms with E-state index in [0.717, 1.165) is 37.7 Å². The molecule has 6 nitrogen and oxygen atoms in total. The van der Waals surface area contributed by atoms with Crippen molar-refractivity contribution in [1.29, 1.82) is 0 Å². The second-order valence-corrected chi connectivity index (χ2v) is 4.62. The fraction of sp³-hybridized carbons (Fsp3) is 0.692. The summed E-state index contributed by atoms with van der Waals surface area (Å²) >= 11 is 0. The first-order valence-electron chi connectivity index (χ1n) is 6.60. The van der Waals surface area contributed by atoms with Crippen molar-refractivity contribution >= 4 is 5.95 Å². The summed E-state index contributed by atoms with van der Waals surface area (Å²) in [4.78, 5) is 10.9. The summed E-state index contributed by atoms with van der Waals surface area (Å²) in [5, 5.41) is 3.25. The van der Waals surface area contributed by atoms with Gasteiger partial charge in [-0.2, -0.15) is 0 Å². The van der Waals surface area contributed by atoms with E-state index in [-0.39, 0.29) is 12.2 Å². The Kier molecular flexibility index (Phi) is 5.07. The highest BCUT2D eigenvalue weighted by Crippen LogP contribution is 2.19. The maximum absolute atomic E-state index is 5.41. The summed E-state index contributed by atoms with van der Waals surface area (Å²) < 4.78 is 10.8. The van der Waals surface area contributed by atoms with Gasteiger partial charge >= 0.3 is 0 Å². The van der Waals surface area contributed by atoms with Gasteiger partial charge in [0.25, 0.3) is 0 Å². The Balaban J connectivity index is 1.99. The molecule has 2 atom stereocenters. The van der Waals surface area contributed by atoms with Gasteiger partial charge in [-0.05, 0) is 6.54 Å². The molecule has 0 aromatic carbocycles. The Morgan fingerprint density at radius 2 is 1.79 bits per heavy atom. The van der Waals surface area contributed by atoms with E-state index in [1.165, 1.54) is 0 Å². The Morgan fingerprint density at radius 3 is 2.26 bits per heavy atom. The molecular weight excluding hydrogens is 244 g/mol. The van der Waals surface area contributed by atoms with Gasteiger partial charge in [0.15, 0.2) is 0 Å². The molecule has 1 aliphatic heterocycles. The van der Waals surface area contributed by atoms with Crippen LogP contribution >= 0.6 is 0 Å². The van der Waals surface area contributed by atoms with Crippen molar-refractivity contribution in [2.45, 2.75) is 25.7 Å². The Labute approximate surface area is 114 Å². The second kappa shape index (κ2) is 6.79. The molecule has 1 aromatic rings. The van der Waals surface area contributed by atoms with Crippen LogP contribution in [0.2, 0.25) is 0 Å². The standard InChI is InChI=1S/C13H22N4O2/c1-4-14-5-10-6-15-13(16-7-10)17-8-11(18-2)12(9-17)19-3/h6-7,11-12,14H,4-5,8-9H2,1-3H3. The van der Waals surface area contributed by atoms with Gasteiger partial charge in [0.2, 0.25) is 5.95 Å². The smallest absolute Gasteiger partial charge is 0.225 e. The Bertz CT molecular complexity index is 373. The van der Waals surface area contributed by atoms with E-state index < -0.39 is 0 Å². The lowest BCUT2D eigenvalue weighted by molar-refractivity contribution is -0.00461. The molecule has 0 bridgehead atoms. The van der Waals surface area contributed by atoms with E-state index in [1.807, 2.05) is 12.4 Å². The molecule has 1 aromatic heterocycles. The highest BCUT2D eigenvalue weighted by atomic mass is 16.5. The lowest BCUT2D eigenvalue weighted by Crippen LogP contribution is -2.27. The molecule has 0 amide bonds. The largest absolute Gasteiger partial charge is 0.377 e. The van der Waals surface area contributed by atoms with Gasteiger partial charge in [0.05, 0.1) is 0 Å². The number of nitrogens with zero attached hydrogens (tertiary/aromatic N) is 3. The topological polar surface area (TPSA) is 59.5 Å². The predicted molar refractivity (Wildman–Crippen MR) is 73.2 cm³/mol. The fourth-order valence-electron chi connectivity index (χ4n) is 2.23. The monoisotopic (exact) mass is 266 g/mol. The minimum absolute atomic E-state index is 0.0787. The molecule has 0 spiro atoms. The van der Waals surface area contributed by atoms with Gasteiger partial charge < -0.3 is 19.7 Å². The van der Waals surface area contributed by atoms with Gasteiger partial charge in [-0.25, -0.2) is 9.97 Å². The maximum atomic E-state index is 5.41. The zero-order valence-corrected chi connectivity index (χ0v) is 11.8. The molecule has 106 valence electrons. The number of methoxy groups -OCH3 is 2. The molecule has 2 heterocycles. The molecule has 19 heavy (non-hydrogen) atoms. The van der Waals surface area contributed by atoms with E-state index in [1.54, 1.807) is 14.2 Å². The third-order valence-electron chi connectivity index (χ3n) is 3.37. The first-order valence-corrected chi connectivity index (χ1v) is 6.60. The van der Waals surface area contributed by atoms with Crippen LogP contribution in [0.4, 0.5) is 5.95 Å². The molecule has 0 aliphatic carbocycles. The first kappa shape index (κ1) is 14.2.